The summed E-state index contributed by atoms with van der Waals surface area (Å²) in [6.45, 7) is 4.20. The number of hydrogen-bond donors (Lipinski definition) is 2. The highest BCUT2D eigenvalue weighted by molar-refractivity contribution is 5.94. The number of benzene rings is 2. The van der Waals surface area contributed by atoms with Crippen molar-refractivity contribution in [2.75, 3.05) is 47.0 Å². The molecular formula is C22H23FN6O. The summed E-state index contributed by atoms with van der Waals surface area (Å²) in [5.74, 6) is 0.961. The molecule has 1 aromatic heterocycles. The van der Waals surface area contributed by atoms with Crippen LogP contribution in [0.1, 0.15) is 17.3 Å². The number of nitrogens with zero attached hydrogens (tertiary/aromatic N) is 4. The second kappa shape index (κ2) is 8.36. The largest absolute Gasteiger partial charge is 0.393 e. The van der Waals surface area contributed by atoms with Crippen LogP contribution >= 0.6 is 0 Å². The fourth-order valence-corrected chi connectivity index (χ4v) is 3.53. The number of carbonyl (C=O) groups is 1. The summed E-state index contributed by atoms with van der Waals surface area (Å²) < 4.78 is 14.1. The standard InChI is InChI=1S/C22H23FN6O/c1-15(30)16-6-8-17(9-7-16)27-21-20(24)22(26-14-25-21)29-12-10-28(11-13-29)19-5-3-2-4-18(19)23/h2-9,14H,10-13,24H2,1H3,(H,25,26,27). The van der Waals surface area contributed by atoms with Gasteiger partial charge in [-0.05, 0) is 43.3 Å². The molecule has 1 aliphatic rings. The number of Topliss-reactive ketones (excluding diaryl/α,β-unsaturated/α-hetero) is 1. The molecule has 0 radical (unpaired) electrons. The first-order chi connectivity index (χ1) is 14.5. The second-order valence-corrected chi connectivity index (χ2v) is 7.14. The van der Waals surface area contributed by atoms with Crippen LogP contribution in [0.25, 0.3) is 0 Å². The van der Waals surface area contributed by atoms with Crippen LogP contribution in [0.15, 0.2) is 54.9 Å². The summed E-state index contributed by atoms with van der Waals surface area (Å²) >= 11 is 0. The summed E-state index contributed by atoms with van der Waals surface area (Å²) in [6.07, 6.45) is 1.47. The fourth-order valence-electron chi connectivity index (χ4n) is 3.53. The van der Waals surface area contributed by atoms with Crippen molar-refractivity contribution in [3.63, 3.8) is 0 Å². The predicted molar refractivity (Wildman–Crippen MR) is 117 cm³/mol. The van der Waals surface area contributed by atoms with Crippen LogP contribution in [0.2, 0.25) is 0 Å². The summed E-state index contributed by atoms with van der Waals surface area (Å²) in [5, 5.41) is 3.19. The molecule has 0 unspecified atom stereocenters. The highest BCUT2D eigenvalue weighted by Crippen LogP contribution is 2.30. The van der Waals surface area contributed by atoms with Gasteiger partial charge in [-0.1, -0.05) is 12.1 Å². The van der Waals surface area contributed by atoms with Gasteiger partial charge in [-0.15, -0.1) is 0 Å². The Kier molecular flexibility index (Phi) is 5.47. The highest BCUT2D eigenvalue weighted by atomic mass is 19.1. The topological polar surface area (TPSA) is 87.4 Å². The van der Waals surface area contributed by atoms with E-state index in [1.54, 1.807) is 24.3 Å². The Labute approximate surface area is 174 Å². The van der Waals surface area contributed by atoms with Crippen molar-refractivity contribution in [1.82, 2.24) is 9.97 Å². The van der Waals surface area contributed by atoms with Crippen LogP contribution < -0.4 is 20.9 Å². The number of rotatable bonds is 5. The van der Waals surface area contributed by atoms with Crippen molar-refractivity contribution in [1.29, 1.82) is 0 Å². The minimum absolute atomic E-state index is 0.0138. The van der Waals surface area contributed by atoms with Gasteiger partial charge in [0.05, 0.1) is 5.69 Å². The van der Waals surface area contributed by atoms with Crippen LogP contribution in [0.5, 0.6) is 0 Å². The van der Waals surface area contributed by atoms with E-state index >= 15 is 0 Å². The maximum absolute atomic E-state index is 14.1. The lowest BCUT2D eigenvalue weighted by Gasteiger charge is -2.37. The van der Waals surface area contributed by atoms with Crippen molar-refractivity contribution >= 4 is 34.5 Å². The maximum atomic E-state index is 14.1. The molecule has 0 amide bonds. The number of aromatic nitrogens is 2. The van der Waals surface area contributed by atoms with Gasteiger partial charge in [0, 0.05) is 37.4 Å². The Morgan fingerprint density at radius 3 is 2.33 bits per heavy atom. The van der Waals surface area contributed by atoms with E-state index in [4.69, 9.17) is 5.73 Å². The van der Waals surface area contributed by atoms with Crippen molar-refractivity contribution in [2.24, 2.45) is 0 Å². The van der Waals surface area contributed by atoms with Gasteiger partial charge in [0.25, 0.3) is 0 Å². The number of hydrogen-bond acceptors (Lipinski definition) is 7. The summed E-state index contributed by atoms with van der Waals surface area (Å²) in [6, 6.07) is 13.9. The Morgan fingerprint density at radius 1 is 1.00 bits per heavy atom. The first kappa shape index (κ1) is 19.6. The lowest BCUT2D eigenvalue weighted by atomic mass is 10.1. The minimum atomic E-state index is -0.213. The monoisotopic (exact) mass is 406 g/mol. The third kappa shape index (κ3) is 4.03. The summed E-state index contributed by atoms with van der Waals surface area (Å²) in [5.41, 5.74) is 8.84. The third-order valence-corrected chi connectivity index (χ3v) is 5.19. The molecular weight excluding hydrogens is 383 g/mol. The van der Waals surface area contributed by atoms with E-state index in [0.29, 0.717) is 54.8 Å². The molecule has 3 aromatic rings. The zero-order valence-corrected chi connectivity index (χ0v) is 16.7. The molecule has 0 aliphatic carbocycles. The predicted octanol–water partition coefficient (Wildman–Crippen LogP) is 3.47. The Hall–Kier alpha value is -3.68. The number of nitrogens with one attached hydrogen (secondary N) is 1. The maximum Gasteiger partial charge on any atom is 0.159 e. The summed E-state index contributed by atoms with van der Waals surface area (Å²) in [7, 11) is 0. The van der Waals surface area contributed by atoms with Crippen molar-refractivity contribution in [3.05, 3.63) is 66.2 Å². The molecule has 8 heteroatoms. The van der Waals surface area contributed by atoms with Gasteiger partial charge >= 0.3 is 0 Å². The molecule has 1 saturated heterocycles. The fraction of sp³-hybridized carbons (Fsp3) is 0.227. The molecule has 2 aromatic carbocycles. The number of nitrogen functional groups attached to an aromatic ring is 1. The normalized spacial score (nSPS) is 13.9. The molecule has 30 heavy (non-hydrogen) atoms. The minimum Gasteiger partial charge on any atom is -0.393 e. The van der Waals surface area contributed by atoms with Gasteiger partial charge in [0.2, 0.25) is 0 Å². The van der Waals surface area contributed by atoms with Crippen LogP contribution in [-0.4, -0.2) is 41.9 Å². The van der Waals surface area contributed by atoms with Crippen LogP contribution in [0.4, 0.5) is 33.1 Å². The van der Waals surface area contributed by atoms with Gasteiger partial charge in [-0.3, -0.25) is 4.79 Å². The number of carbonyl (C=O) groups excluding carboxylic acids is 1. The van der Waals surface area contributed by atoms with Crippen LogP contribution in [0, 0.1) is 5.82 Å². The van der Waals surface area contributed by atoms with Crippen molar-refractivity contribution < 1.29 is 9.18 Å². The van der Waals surface area contributed by atoms with Crippen LogP contribution in [-0.2, 0) is 0 Å². The Morgan fingerprint density at radius 2 is 1.67 bits per heavy atom. The zero-order valence-electron chi connectivity index (χ0n) is 16.7. The van der Waals surface area contributed by atoms with Crippen molar-refractivity contribution in [2.45, 2.75) is 6.92 Å². The van der Waals surface area contributed by atoms with Gasteiger partial charge in [-0.2, -0.15) is 0 Å². The number of anilines is 5. The van der Waals surface area contributed by atoms with Crippen molar-refractivity contribution in [3.8, 4) is 0 Å². The van der Waals surface area contributed by atoms with E-state index in [2.05, 4.69) is 20.2 Å². The first-order valence-corrected chi connectivity index (χ1v) is 9.76. The van der Waals surface area contributed by atoms with E-state index in [9.17, 15) is 9.18 Å². The second-order valence-electron chi connectivity index (χ2n) is 7.14. The zero-order chi connectivity index (χ0) is 21.1. The molecule has 1 aliphatic heterocycles. The quantitative estimate of drug-likeness (QED) is 0.627. The molecule has 2 heterocycles. The van der Waals surface area contributed by atoms with E-state index in [1.165, 1.54) is 19.3 Å². The van der Waals surface area contributed by atoms with E-state index < -0.39 is 0 Å². The number of nitrogens with two attached hydrogens (primary N) is 1. The molecule has 7 nitrogen and oxygen atoms in total. The highest BCUT2D eigenvalue weighted by Gasteiger charge is 2.22. The van der Waals surface area contributed by atoms with Gasteiger partial charge < -0.3 is 20.9 Å². The average Bonchev–Trinajstić information content (AvgIpc) is 2.76. The number of halogens is 1. The van der Waals surface area contributed by atoms with Crippen LogP contribution in [0.3, 0.4) is 0 Å². The average molecular weight is 406 g/mol. The molecule has 154 valence electrons. The number of piperazine rings is 1. The lowest BCUT2D eigenvalue weighted by Crippen LogP contribution is -2.47. The molecule has 1 fully saturated rings. The Balaban J connectivity index is 1.47. The lowest BCUT2D eigenvalue weighted by molar-refractivity contribution is 0.101. The SMILES string of the molecule is CC(=O)c1ccc(Nc2ncnc(N3CCN(c4ccccc4F)CC3)c2N)cc1. The number of ketones is 1. The van der Waals surface area contributed by atoms with Gasteiger partial charge in [0.1, 0.15) is 17.8 Å². The smallest absolute Gasteiger partial charge is 0.159 e. The summed E-state index contributed by atoms with van der Waals surface area (Å²) in [4.78, 5) is 24.2. The van der Waals surface area contributed by atoms with Gasteiger partial charge in [0.15, 0.2) is 17.4 Å². The van der Waals surface area contributed by atoms with Gasteiger partial charge in [-0.25, -0.2) is 14.4 Å². The van der Waals surface area contributed by atoms with E-state index in [1.807, 2.05) is 23.1 Å². The molecule has 4 rings (SSSR count). The van der Waals surface area contributed by atoms with E-state index in [0.717, 1.165) is 5.69 Å². The molecule has 3 N–H and O–H groups in total. The number of para-hydroxylation sites is 1. The molecule has 0 spiro atoms. The first-order valence-electron chi connectivity index (χ1n) is 9.76. The van der Waals surface area contributed by atoms with E-state index in [-0.39, 0.29) is 11.6 Å². The molecule has 0 saturated carbocycles. The molecule has 0 bridgehead atoms. The molecule has 0 atom stereocenters. The Bertz CT molecular complexity index is 1050. The third-order valence-electron chi connectivity index (χ3n) is 5.19.